The van der Waals surface area contributed by atoms with Gasteiger partial charge < -0.3 is 5.32 Å². The number of nitrogens with zero attached hydrogens (tertiary/aromatic N) is 2. The molecule has 0 amide bonds. The van der Waals surface area contributed by atoms with E-state index in [1.807, 2.05) is 12.4 Å². The van der Waals surface area contributed by atoms with Gasteiger partial charge in [-0.2, -0.15) is 0 Å². The summed E-state index contributed by atoms with van der Waals surface area (Å²) in [6.45, 7) is 4.53. The van der Waals surface area contributed by atoms with Gasteiger partial charge in [-0.3, -0.25) is 0 Å². The second kappa shape index (κ2) is 6.09. The van der Waals surface area contributed by atoms with Crippen LogP contribution in [-0.4, -0.2) is 16.6 Å². The van der Waals surface area contributed by atoms with Gasteiger partial charge in [0.05, 0.1) is 11.7 Å². The summed E-state index contributed by atoms with van der Waals surface area (Å²) >= 11 is 1.42. The van der Waals surface area contributed by atoms with E-state index in [0.29, 0.717) is 6.04 Å². The molecule has 14 heavy (non-hydrogen) atoms. The fourth-order valence-electron chi connectivity index (χ4n) is 1.72. The fraction of sp³-hybridized carbons (Fsp3) is 0.800. The highest BCUT2D eigenvalue weighted by atomic mass is 32.1. The fourth-order valence-corrected chi connectivity index (χ4v) is 2.23. The molecule has 2 unspecified atom stereocenters. The molecule has 4 heteroatoms. The Morgan fingerprint density at radius 1 is 1.57 bits per heavy atom. The standard InChI is InChI=1S/C10H19N3S/c1-4-5-8(2)6-9(11-3)10-7-14-13-12-10/h7-9,11H,4-6H2,1-3H3. The molecule has 1 heterocycles. The maximum Gasteiger partial charge on any atom is 0.0924 e. The van der Waals surface area contributed by atoms with Crippen LogP contribution in [0.25, 0.3) is 0 Å². The summed E-state index contributed by atoms with van der Waals surface area (Å²) in [5, 5.41) is 9.43. The van der Waals surface area contributed by atoms with Crippen LogP contribution in [0.1, 0.15) is 44.8 Å². The zero-order valence-electron chi connectivity index (χ0n) is 9.16. The van der Waals surface area contributed by atoms with Crippen molar-refractivity contribution in [3.05, 3.63) is 11.1 Å². The van der Waals surface area contributed by atoms with Crippen molar-refractivity contribution in [1.82, 2.24) is 14.9 Å². The van der Waals surface area contributed by atoms with Gasteiger partial charge in [0.25, 0.3) is 0 Å². The second-order valence-electron chi connectivity index (χ2n) is 3.80. The van der Waals surface area contributed by atoms with Crippen LogP contribution in [0.3, 0.4) is 0 Å². The molecule has 0 bridgehead atoms. The minimum Gasteiger partial charge on any atom is -0.312 e. The minimum atomic E-state index is 0.371. The Labute approximate surface area is 90.1 Å². The highest BCUT2D eigenvalue weighted by molar-refractivity contribution is 7.03. The van der Waals surface area contributed by atoms with E-state index in [1.54, 1.807) is 0 Å². The van der Waals surface area contributed by atoms with Crippen molar-refractivity contribution in [2.24, 2.45) is 5.92 Å². The molecule has 0 fully saturated rings. The van der Waals surface area contributed by atoms with Crippen LogP contribution in [0, 0.1) is 5.92 Å². The first kappa shape index (κ1) is 11.6. The van der Waals surface area contributed by atoms with Gasteiger partial charge in [-0.15, -0.1) is 5.10 Å². The lowest BCUT2D eigenvalue weighted by atomic mass is 9.96. The summed E-state index contributed by atoms with van der Waals surface area (Å²) in [5.41, 5.74) is 1.08. The summed E-state index contributed by atoms with van der Waals surface area (Å²) in [7, 11) is 1.99. The Kier molecular flexibility index (Phi) is 5.04. The molecular weight excluding hydrogens is 194 g/mol. The van der Waals surface area contributed by atoms with Crippen LogP contribution in [0.2, 0.25) is 0 Å². The van der Waals surface area contributed by atoms with E-state index in [9.17, 15) is 0 Å². The van der Waals surface area contributed by atoms with E-state index in [1.165, 1.54) is 24.4 Å². The number of hydrogen-bond donors (Lipinski definition) is 1. The summed E-state index contributed by atoms with van der Waals surface area (Å²) in [4.78, 5) is 0. The molecular formula is C10H19N3S. The molecule has 0 aromatic carbocycles. The van der Waals surface area contributed by atoms with Gasteiger partial charge in [0, 0.05) is 5.38 Å². The van der Waals surface area contributed by atoms with E-state index in [4.69, 9.17) is 0 Å². The van der Waals surface area contributed by atoms with E-state index in [2.05, 4.69) is 28.8 Å². The molecule has 2 atom stereocenters. The van der Waals surface area contributed by atoms with Crippen LogP contribution >= 0.6 is 11.5 Å². The van der Waals surface area contributed by atoms with E-state index >= 15 is 0 Å². The Balaban J connectivity index is 2.47. The molecule has 1 N–H and O–H groups in total. The minimum absolute atomic E-state index is 0.371. The lowest BCUT2D eigenvalue weighted by Gasteiger charge is -2.17. The van der Waals surface area contributed by atoms with Crippen molar-refractivity contribution in [3.8, 4) is 0 Å². The summed E-state index contributed by atoms with van der Waals surface area (Å²) in [6.07, 6.45) is 3.69. The van der Waals surface area contributed by atoms with Gasteiger partial charge in [0.1, 0.15) is 0 Å². The average molecular weight is 213 g/mol. The zero-order valence-corrected chi connectivity index (χ0v) is 9.97. The third-order valence-electron chi connectivity index (χ3n) is 2.50. The number of aromatic nitrogens is 2. The lowest BCUT2D eigenvalue weighted by Crippen LogP contribution is -2.19. The molecule has 80 valence electrons. The van der Waals surface area contributed by atoms with Crippen molar-refractivity contribution in [3.63, 3.8) is 0 Å². The van der Waals surface area contributed by atoms with E-state index < -0.39 is 0 Å². The number of nitrogens with one attached hydrogen (secondary N) is 1. The molecule has 1 aromatic rings. The van der Waals surface area contributed by atoms with Gasteiger partial charge in [-0.1, -0.05) is 31.2 Å². The molecule has 0 saturated heterocycles. The van der Waals surface area contributed by atoms with Crippen molar-refractivity contribution in [1.29, 1.82) is 0 Å². The van der Waals surface area contributed by atoms with Crippen LogP contribution in [0.5, 0.6) is 0 Å². The smallest absolute Gasteiger partial charge is 0.0924 e. The van der Waals surface area contributed by atoms with Crippen molar-refractivity contribution in [2.75, 3.05) is 7.05 Å². The topological polar surface area (TPSA) is 37.8 Å². The molecule has 1 aromatic heterocycles. The highest BCUT2D eigenvalue weighted by Crippen LogP contribution is 2.22. The third-order valence-corrected chi connectivity index (χ3v) is 3.02. The van der Waals surface area contributed by atoms with Crippen LogP contribution in [-0.2, 0) is 0 Å². The first-order valence-corrected chi connectivity index (χ1v) is 6.05. The van der Waals surface area contributed by atoms with Crippen molar-refractivity contribution >= 4 is 11.5 Å². The lowest BCUT2D eigenvalue weighted by molar-refractivity contribution is 0.401. The Morgan fingerprint density at radius 3 is 2.86 bits per heavy atom. The molecule has 1 rings (SSSR count). The third kappa shape index (κ3) is 3.35. The van der Waals surface area contributed by atoms with Gasteiger partial charge in [-0.25, -0.2) is 0 Å². The predicted molar refractivity (Wildman–Crippen MR) is 60.4 cm³/mol. The number of hydrogen-bond acceptors (Lipinski definition) is 4. The average Bonchev–Trinajstić information content (AvgIpc) is 2.67. The van der Waals surface area contributed by atoms with Crippen LogP contribution in [0.4, 0.5) is 0 Å². The summed E-state index contributed by atoms with van der Waals surface area (Å²) in [5.74, 6) is 0.749. The quantitative estimate of drug-likeness (QED) is 0.789. The maximum absolute atomic E-state index is 4.11. The van der Waals surface area contributed by atoms with E-state index in [-0.39, 0.29) is 0 Å². The highest BCUT2D eigenvalue weighted by Gasteiger charge is 2.15. The van der Waals surface area contributed by atoms with Crippen LogP contribution in [0.15, 0.2) is 5.38 Å². The first-order valence-electron chi connectivity index (χ1n) is 5.22. The van der Waals surface area contributed by atoms with E-state index in [0.717, 1.165) is 18.0 Å². The molecule has 0 radical (unpaired) electrons. The van der Waals surface area contributed by atoms with Gasteiger partial charge in [0.15, 0.2) is 0 Å². The molecule has 0 spiro atoms. The Bertz CT molecular complexity index is 236. The molecule has 0 aliphatic rings. The summed E-state index contributed by atoms with van der Waals surface area (Å²) < 4.78 is 3.90. The van der Waals surface area contributed by atoms with Gasteiger partial charge in [-0.05, 0) is 30.9 Å². The second-order valence-corrected chi connectivity index (χ2v) is 4.41. The van der Waals surface area contributed by atoms with Crippen molar-refractivity contribution < 1.29 is 0 Å². The number of rotatable bonds is 6. The molecule has 0 aliphatic heterocycles. The molecule has 0 aliphatic carbocycles. The van der Waals surface area contributed by atoms with Gasteiger partial charge >= 0.3 is 0 Å². The maximum atomic E-state index is 4.11. The Hall–Kier alpha value is -0.480. The zero-order chi connectivity index (χ0) is 10.4. The largest absolute Gasteiger partial charge is 0.312 e. The van der Waals surface area contributed by atoms with Crippen molar-refractivity contribution in [2.45, 2.75) is 39.2 Å². The summed E-state index contributed by atoms with van der Waals surface area (Å²) in [6, 6.07) is 0.371. The molecule has 3 nitrogen and oxygen atoms in total. The van der Waals surface area contributed by atoms with Gasteiger partial charge in [0.2, 0.25) is 0 Å². The first-order chi connectivity index (χ1) is 6.77. The normalized spacial score (nSPS) is 15.4. The SMILES string of the molecule is CCCC(C)CC(NC)c1csnn1. The monoisotopic (exact) mass is 213 g/mol. The van der Waals surface area contributed by atoms with Crippen LogP contribution < -0.4 is 5.32 Å². The Morgan fingerprint density at radius 2 is 2.36 bits per heavy atom. The molecule has 0 saturated carbocycles. The predicted octanol–water partition coefficient (Wildman–Crippen LogP) is 2.62.